The van der Waals surface area contributed by atoms with E-state index in [0.717, 1.165) is 0 Å². The van der Waals surface area contributed by atoms with Crippen LogP contribution < -0.4 is 20.5 Å². The third-order valence-corrected chi connectivity index (χ3v) is 3.79. The van der Waals surface area contributed by atoms with Gasteiger partial charge in [-0.25, -0.2) is 0 Å². The molecule has 1 aromatic heterocycles. The van der Waals surface area contributed by atoms with Crippen LogP contribution in [-0.4, -0.2) is 0 Å². The first kappa shape index (κ1) is 9.37. The fraction of sp³-hybridized carbons (Fsp3) is 0. The molecule has 0 amide bonds. The molecule has 0 saturated carbocycles. The molecule has 0 saturated heterocycles. The molecule has 0 radical (unpaired) electrons. The summed E-state index contributed by atoms with van der Waals surface area (Å²) >= 11 is 3.18. The predicted molar refractivity (Wildman–Crippen MR) is 41.5 cm³/mol. The third kappa shape index (κ3) is 1.90. The summed E-state index contributed by atoms with van der Waals surface area (Å²) in [6, 6.07) is 10.8. The van der Waals surface area contributed by atoms with Gasteiger partial charge in [-0.15, -0.1) is 0 Å². The Morgan fingerprint density at radius 2 is 1.91 bits per heavy atom. The molecule has 52 valence electrons. The van der Waals surface area contributed by atoms with Crippen LogP contribution in [0.1, 0.15) is 0 Å². The first-order valence-electron chi connectivity index (χ1n) is 3.17. The quantitative estimate of drug-likeness (QED) is 0.547. The van der Waals surface area contributed by atoms with Gasteiger partial charge in [-0.1, -0.05) is 0 Å². The van der Waals surface area contributed by atoms with Crippen molar-refractivity contribution in [2.75, 3.05) is 0 Å². The summed E-state index contributed by atoms with van der Waals surface area (Å²) in [7, 11) is 0. The van der Waals surface area contributed by atoms with Crippen LogP contribution in [-0.2, 0) is 18.3 Å². The van der Waals surface area contributed by atoms with E-state index in [9.17, 15) is 0 Å². The molecule has 0 N–H and O–H groups in total. The Labute approximate surface area is 90.1 Å². The Balaban J connectivity index is 0.000000605. The first-order chi connectivity index (χ1) is 4.86. The Morgan fingerprint density at radius 3 is 2.64 bits per heavy atom. The number of hydrogen-bond donors (Lipinski definition) is 0. The molecular formula is C8H5BrSZn. The molecule has 0 bridgehead atoms. The van der Waals surface area contributed by atoms with E-state index in [1.807, 2.05) is 11.3 Å². The van der Waals surface area contributed by atoms with Gasteiger partial charge in [0.25, 0.3) is 0 Å². The molecule has 1 aromatic carbocycles. The number of thiophene rings is 1. The van der Waals surface area contributed by atoms with Gasteiger partial charge in [-0.2, -0.15) is 0 Å². The van der Waals surface area contributed by atoms with E-state index in [2.05, 4.69) is 30.3 Å². The third-order valence-electron chi connectivity index (χ3n) is 1.48. The summed E-state index contributed by atoms with van der Waals surface area (Å²) in [4.78, 5) is 0. The molecular weight excluding hydrogens is 273 g/mol. The maximum atomic E-state index is 2.28. The molecule has 2 rings (SSSR count). The van der Waals surface area contributed by atoms with Gasteiger partial charge in [0.05, 0.1) is 0 Å². The zero-order chi connectivity index (χ0) is 6.97. The van der Waals surface area contributed by atoms with Crippen molar-refractivity contribution < 1.29 is 35.3 Å². The van der Waals surface area contributed by atoms with Gasteiger partial charge >= 0.3 is 73.5 Å². The van der Waals surface area contributed by atoms with Crippen molar-refractivity contribution in [3.8, 4) is 0 Å². The Hall–Kier alpha value is 0.283. The second-order valence-electron chi connectivity index (χ2n) is 2.25. The van der Waals surface area contributed by atoms with E-state index in [4.69, 9.17) is 0 Å². The minimum atomic E-state index is 0. The van der Waals surface area contributed by atoms with Gasteiger partial charge in [0.2, 0.25) is 0 Å². The molecule has 0 spiro atoms. The van der Waals surface area contributed by atoms with E-state index in [0.29, 0.717) is 0 Å². The summed E-state index contributed by atoms with van der Waals surface area (Å²) in [5.74, 6) is 0. The van der Waals surface area contributed by atoms with E-state index in [1.165, 1.54) is 31.9 Å². The zero-order valence-electron chi connectivity index (χ0n) is 5.88. The molecule has 0 nitrogen and oxygen atoms in total. The summed E-state index contributed by atoms with van der Waals surface area (Å²) < 4.78 is 2.94. The summed E-state index contributed by atoms with van der Waals surface area (Å²) in [6.07, 6.45) is 0. The average Bonchev–Trinajstić information content (AvgIpc) is 2.27. The number of benzene rings is 1. The number of hydrogen-bond acceptors (Lipinski definition) is 1. The maximum absolute atomic E-state index is 2.28. The van der Waals surface area contributed by atoms with Crippen LogP contribution in [0.2, 0.25) is 0 Å². The van der Waals surface area contributed by atoms with Gasteiger partial charge in [0, 0.05) is 0 Å². The molecule has 3 heteroatoms. The molecule has 0 fully saturated rings. The van der Waals surface area contributed by atoms with Crippen molar-refractivity contribution >= 4 is 24.9 Å². The van der Waals surface area contributed by atoms with Crippen molar-refractivity contribution in [1.29, 1.82) is 0 Å². The minimum absolute atomic E-state index is 0. The van der Waals surface area contributed by atoms with E-state index in [-0.39, 0.29) is 17.0 Å². The SMILES string of the molecule is [Br-].[Zn+][c]1cc2ccccc2s1. The number of fused-ring (bicyclic) bond motifs is 1. The molecule has 0 aliphatic rings. The second kappa shape index (κ2) is 3.79. The predicted octanol–water partition coefficient (Wildman–Crippen LogP) is -0.923. The molecule has 2 aromatic rings. The summed E-state index contributed by atoms with van der Waals surface area (Å²) in [5.41, 5.74) is 0. The van der Waals surface area contributed by atoms with Crippen LogP contribution in [0.15, 0.2) is 30.3 Å². The molecule has 11 heavy (non-hydrogen) atoms. The number of halogens is 1. The fourth-order valence-electron chi connectivity index (χ4n) is 1.04. The van der Waals surface area contributed by atoms with Crippen LogP contribution in [0.25, 0.3) is 10.1 Å². The fourth-order valence-corrected chi connectivity index (χ4v) is 3.34. The number of rotatable bonds is 0. The summed E-state index contributed by atoms with van der Waals surface area (Å²) in [5, 5.41) is 1.40. The normalized spacial score (nSPS) is 9.64. The van der Waals surface area contributed by atoms with Crippen LogP contribution in [0, 0.1) is 0 Å². The van der Waals surface area contributed by atoms with Crippen LogP contribution in [0.5, 0.6) is 0 Å². The second-order valence-corrected chi connectivity index (χ2v) is 6.09. The van der Waals surface area contributed by atoms with Crippen molar-refractivity contribution in [3.05, 3.63) is 30.3 Å². The average molecular weight is 278 g/mol. The van der Waals surface area contributed by atoms with Gasteiger partial charge < -0.3 is 17.0 Å². The molecule has 0 atom stereocenters. The van der Waals surface area contributed by atoms with Crippen LogP contribution in [0.4, 0.5) is 0 Å². The van der Waals surface area contributed by atoms with Gasteiger partial charge in [0.1, 0.15) is 0 Å². The van der Waals surface area contributed by atoms with E-state index >= 15 is 0 Å². The van der Waals surface area contributed by atoms with E-state index < -0.39 is 0 Å². The molecule has 1 heterocycles. The van der Waals surface area contributed by atoms with Crippen LogP contribution in [0.3, 0.4) is 0 Å². The van der Waals surface area contributed by atoms with Crippen molar-refractivity contribution in [1.82, 2.24) is 0 Å². The van der Waals surface area contributed by atoms with Crippen molar-refractivity contribution in [2.24, 2.45) is 0 Å². The Morgan fingerprint density at radius 1 is 1.18 bits per heavy atom. The van der Waals surface area contributed by atoms with Gasteiger partial charge in [-0.05, 0) is 0 Å². The summed E-state index contributed by atoms with van der Waals surface area (Å²) in [6.45, 7) is 0. The Kier molecular flexibility index (Phi) is 3.23. The van der Waals surface area contributed by atoms with Crippen molar-refractivity contribution in [3.63, 3.8) is 0 Å². The topological polar surface area (TPSA) is 0 Å². The van der Waals surface area contributed by atoms with Gasteiger partial charge in [0.15, 0.2) is 0 Å². The first-order valence-corrected chi connectivity index (χ1v) is 5.47. The van der Waals surface area contributed by atoms with Crippen LogP contribution >= 0.6 is 11.3 Å². The van der Waals surface area contributed by atoms with Gasteiger partial charge in [-0.3, -0.25) is 0 Å². The molecule has 0 aliphatic heterocycles. The molecule has 0 unspecified atom stereocenters. The zero-order valence-corrected chi connectivity index (χ0v) is 11.2. The Bertz CT molecular complexity index is 323. The van der Waals surface area contributed by atoms with Crippen molar-refractivity contribution in [2.45, 2.75) is 0 Å². The molecule has 0 aliphatic carbocycles. The standard InChI is InChI=1S/C8H5S.BrH.Zn/c1-2-4-8-7(3-1)5-6-9-8;;/h1-5H;1H;/q;;+1/p-1. The van der Waals surface area contributed by atoms with E-state index in [1.54, 1.807) is 0 Å². The monoisotopic (exact) mass is 276 g/mol.